The maximum atomic E-state index is 12.8. The van der Waals surface area contributed by atoms with Crippen LogP contribution in [0.3, 0.4) is 0 Å². The molecule has 4 rings (SSSR count). The molecule has 7 nitrogen and oxygen atoms in total. The SMILES string of the molecule is Cc1ccc(-c2nc(SCC(=O)N3CCN(c4ncc(C(F)(F)F)cc4Cl)CC3)n[nH]2)cc1. The Hall–Kier alpha value is -2.79. The van der Waals surface area contributed by atoms with E-state index in [-0.39, 0.29) is 22.5 Å². The number of benzene rings is 1. The number of halogens is 4. The maximum absolute atomic E-state index is 12.8. The molecule has 0 atom stereocenters. The molecule has 0 unspecified atom stereocenters. The fourth-order valence-electron chi connectivity index (χ4n) is 3.36. The molecule has 1 N–H and O–H groups in total. The predicted octanol–water partition coefficient (Wildman–Crippen LogP) is 4.29. The van der Waals surface area contributed by atoms with Crippen molar-refractivity contribution in [3.63, 3.8) is 0 Å². The number of piperazine rings is 1. The van der Waals surface area contributed by atoms with Crippen molar-refractivity contribution >= 4 is 35.1 Å². The molecule has 0 aliphatic carbocycles. The smallest absolute Gasteiger partial charge is 0.352 e. The van der Waals surface area contributed by atoms with Gasteiger partial charge in [0, 0.05) is 37.9 Å². The zero-order chi connectivity index (χ0) is 23.6. The third kappa shape index (κ3) is 5.59. The second kappa shape index (κ2) is 9.60. The van der Waals surface area contributed by atoms with Crippen molar-refractivity contribution in [2.24, 2.45) is 0 Å². The van der Waals surface area contributed by atoms with Crippen molar-refractivity contribution in [3.05, 3.63) is 52.7 Å². The van der Waals surface area contributed by atoms with Gasteiger partial charge in [-0.25, -0.2) is 9.97 Å². The Labute approximate surface area is 197 Å². The van der Waals surface area contributed by atoms with Crippen LogP contribution in [0.15, 0.2) is 41.7 Å². The van der Waals surface area contributed by atoms with Gasteiger partial charge in [-0.15, -0.1) is 5.10 Å². The summed E-state index contributed by atoms with van der Waals surface area (Å²) in [6.07, 6.45) is -3.72. The first-order valence-electron chi connectivity index (χ1n) is 10.1. The highest BCUT2D eigenvalue weighted by molar-refractivity contribution is 7.99. The lowest BCUT2D eigenvalue weighted by Gasteiger charge is -2.35. The number of hydrogen-bond donors (Lipinski definition) is 1. The third-order valence-electron chi connectivity index (χ3n) is 5.20. The first kappa shape index (κ1) is 23.4. The van der Waals surface area contributed by atoms with Crippen LogP contribution >= 0.6 is 23.4 Å². The van der Waals surface area contributed by atoms with Gasteiger partial charge in [0.1, 0.15) is 5.82 Å². The Morgan fingerprint density at radius 3 is 2.52 bits per heavy atom. The Bertz CT molecular complexity index is 1130. The van der Waals surface area contributed by atoms with Crippen LogP contribution in [0, 0.1) is 6.92 Å². The third-order valence-corrected chi connectivity index (χ3v) is 6.31. The highest BCUT2D eigenvalue weighted by Gasteiger charge is 2.32. The Morgan fingerprint density at radius 2 is 1.88 bits per heavy atom. The minimum Gasteiger partial charge on any atom is -0.352 e. The van der Waals surface area contributed by atoms with E-state index < -0.39 is 11.7 Å². The van der Waals surface area contributed by atoms with Gasteiger partial charge in [-0.1, -0.05) is 53.2 Å². The molecule has 1 aliphatic heterocycles. The summed E-state index contributed by atoms with van der Waals surface area (Å²) in [7, 11) is 0. The van der Waals surface area contributed by atoms with Crippen molar-refractivity contribution in [3.8, 4) is 11.4 Å². The van der Waals surface area contributed by atoms with Crippen LogP contribution in [0.4, 0.5) is 19.0 Å². The summed E-state index contributed by atoms with van der Waals surface area (Å²) in [4.78, 5) is 24.4. The molecule has 1 fully saturated rings. The Morgan fingerprint density at radius 1 is 1.18 bits per heavy atom. The molecule has 0 saturated carbocycles. The minimum absolute atomic E-state index is 0.0610. The summed E-state index contributed by atoms with van der Waals surface area (Å²) in [5.41, 5.74) is 1.17. The fraction of sp³-hybridized carbons (Fsp3) is 0.333. The fourth-order valence-corrected chi connectivity index (χ4v) is 4.34. The van der Waals surface area contributed by atoms with Crippen molar-refractivity contribution in [2.75, 3.05) is 36.8 Å². The van der Waals surface area contributed by atoms with E-state index in [0.717, 1.165) is 23.4 Å². The van der Waals surface area contributed by atoms with Gasteiger partial charge in [-0.3, -0.25) is 9.89 Å². The summed E-state index contributed by atoms with van der Waals surface area (Å²) < 4.78 is 38.4. The van der Waals surface area contributed by atoms with E-state index in [1.54, 1.807) is 9.80 Å². The van der Waals surface area contributed by atoms with Gasteiger partial charge in [0.05, 0.1) is 16.3 Å². The molecule has 1 saturated heterocycles. The van der Waals surface area contributed by atoms with E-state index >= 15 is 0 Å². The molecule has 3 aromatic rings. The van der Waals surface area contributed by atoms with Gasteiger partial charge >= 0.3 is 6.18 Å². The number of carbonyl (C=O) groups excluding carboxylic acids is 1. The van der Waals surface area contributed by atoms with E-state index in [0.29, 0.717) is 37.2 Å². The van der Waals surface area contributed by atoms with E-state index in [4.69, 9.17) is 11.6 Å². The molecular weight excluding hydrogens is 477 g/mol. The largest absolute Gasteiger partial charge is 0.417 e. The number of nitrogens with zero attached hydrogens (tertiary/aromatic N) is 5. The Balaban J connectivity index is 1.29. The molecule has 174 valence electrons. The summed E-state index contributed by atoms with van der Waals surface area (Å²) >= 11 is 7.28. The molecule has 33 heavy (non-hydrogen) atoms. The monoisotopic (exact) mass is 496 g/mol. The number of anilines is 1. The standard InChI is InChI=1S/C21H20ClF3N6OS/c1-13-2-4-14(5-3-13)18-27-20(29-28-18)33-12-17(32)30-6-8-31(9-7-30)19-16(22)10-15(11-26-19)21(23,24)25/h2-5,10-11H,6-9,12H2,1H3,(H,27,28,29). The second-order valence-corrected chi connectivity index (χ2v) is 8.87. The predicted molar refractivity (Wildman–Crippen MR) is 120 cm³/mol. The molecule has 1 aromatic carbocycles. The first-order chi connectivity index (χ1) is 15.7. The molecule has 0 bridgehead atoms. The molecule has 0 radical (unpaired) electrons. The number of H-pyrrole nitrogens is 1. The number of rotatable bonds is 5. The molecule has 0 spiro atoms. The number of thioether (sulfide) groups is 1. The highest BCUT2D eigenvalue weighted by Crippen LogP contribution is 2.33. The topological polar surface area (TPSA) is 78.0 Å². The number of amides is 1. The van der Waals surface area contributed by atoms with Gasteiger partial charge in [0.25, 0.3) is 0 Å². The van der Waals surface area contributed by atoms with Gasteiger partial charge in [0.2, 0.25) is 11.1 Å². The molecular formula is C21H20ClF3N6OS. The average molecular weight is 497 g/mol. The number of aromatic nitrogens is 4. The number of pyridine rings is 1. The molecule has 3 heterocycles. The van der Waals surface area contributed by atoms with Crippen LogP contribution in [-0.4, -0.2) is 62.9 Å². The normalized spacial score (nSPS) is 14.6. The van der Waals surface area contributed by atoms with Crippen LogP contribution in [0.2, 0.25) is 5.02 Å². The summed E-state index contributed by atoms with van der Waals surface area (Å²) in [6.45, 7) is 3.69. The molecule has 12 heteroatoms. The van der Waals surface area contributed by atoms with E-state index in [1.165, 1.54) is 11.8 Å². The van der Waals surface area contributed by atoms with Crippen LogP contribution in [0.5, 0.6) is 0 Å². The van der Waals surface area contributed by atoms with Gasteiger partial charge in [-0.05, 0) is 13.0 Å². The molecule has 1 aliphatic rings. The van der Waals surface area contributed by atoms with Crippen molar-refractivity contribution in [1.82, 2.24) is 25.1 Å². The summed E-state index contributed by atoms with van der Waals surface area (Å²) in [5.74, 6) is 1.05. The van der Waals surface area contributed by atoms with E-state index in [1.807, 2.05) is 31.2 Å². The lowest BCUT2D eigenvalue weighted by molar-refractivity contribution is -0.137. The van der Waals surface area contributed by atoms with Gasteiger partial charge < -0.3 is 9.80 Å². The molecule has 1 amide bonds. The van der Waals surface area contributed by atoms with Gasteiger partial charge in [0.15, 0.2) is 5.82 Å². The lowest BCUT2D eigenvalue weighted by atomic mass is 10.1. The number of aryl methyl sites for hydroxylation is 1. The first-order valence-corrected chi connectivity index (χ1v) is 11.4. The van der Waals surface area contributed by atoms with Crippen molar-refractivity contribution in [2.45, 2.75) is 18.3 Å². The van der Waals surface area contributed by atoms with Crippen molar-refractivity contribution < 1.29 is 18.0 Å². The van der Waals surface area contributed by atoms with E-state index in [2.05, 4.69) is 20.2 Å². The lowest BCUT2D eigenvalue weighted by Crippen LogP contribution is -2.49. The van der Waals surface area contributed by atoms with Crippen LogP contribution < -0.4 is 4.90 Å². The zero-order valence-electron chi connectivity index (χ0n) is 17.6. The quantitative estimate of drug-likeness (QED) is 0.531. The summed E-state index contributed by atoms with van der Waals surface area (Å²) in [5, 5.41) is 7.47. The zero-order valence-corrected chi connectivity index (χ0v) is 19.1. The van der Waals surface area contributed by atoms with Crippen molar-refractivity contribution in [1.29, 1.82) is 0 Å². The Kier molecular flexibility index (Phi) is 6.80. The number of carbonyl (C=O) groups is 1. The highest BCUT2D eigenvalue weighted by atomic mass is 35.5. The second-order valence-electron chi connectivity index (χ2n) is 7.52. The maximum Gasteiger partial charge on any atom is 0.417 e. The van der Waals surface area contributed by atoms with E-state index in [9.17, 15) is 18.0 Å². The van der Waals surface area contributed by atoms with Crippen LogP contribution in [0.25, 0.3) is 11.4 Å². The number of hydrogen-bond acceptors (Lipinski definition) is 6. The summed E-state index contributed by atoms with van der Waals surface area (Å²) in [6, 6.07) is 8.75. The van der Waals surface area contributed by atoms with Crippen LogP contribution in [-0.2, 0) is 11.0 Å². The number of aromatic amines is 1. The number of alkyl halides is 3. The minimum atomic E-state index is -4.50. The number of nitrogens with one attached hydrogen (secondary N) is 1. The van der Waals surface area contributed by atoms with Gasteiger partial charge in [-0.2, -0.15) is 13.2 Å². The molecule has 2 aromatic heterocycles. The van der Waals surface area contributed by atoms with Crippen LogP contribution in [0.1, 0.15) is 11.1 Å². The average Bonchev–Trinajstić information content (AvgIpc) is 3.26.